The SMILES string of the molecule is COCC(=O)N1C[C@H](CC(C)C)N(C(=O)c2ccccc2OC)CCCCOCC(O)[C@@H](O)[C@H](OC)C1. The third kappa shape index (κ3) is 9.22. The maximum atomic E-state index is 13.9. The summed E-state index contributed by atoms with van der Waals surface area (Å²) in [5.41, 5.74) is 0.458. The Balaban J connectivity index is 2.50. The summed E-state index contributed by atoms with van der Waals surface area (Å²) in [6.45, 7) is 5.01. The topological polar surface area (TPSA) is 118 Å². The molecule has 1 aromatic carbocycles. The standard InChI is InChI=1S/C27H44N2O8/c1-19(2)14-20-15-28(25(31)18-34-3)16-24(36-5)26(32)22(30)17-37-13-9-8-12-29(20)27(33)21-10-6-7-11-23(21)35-4/h6-7,10-11,19-20,22,24,26,30,32H,8-9,12-18H2,1-5H3/t20-,22?,24+,26+/m0/s1. The van der Waals surface area contributed by atoms with Crippen molar-refractivity contribution in [2.75, 3.05) is 60.8 Å². The molecule has 4 atom stereocenters. The van der Waals surface area contributed by atoms with E-state index in [2.05, 4.69) is 13.8 Å². The largest absolute Gasteiger partial charge is 0.496 e. The van der Waals surface area contributed by atoms with Gasteiger partial charge in [0.15, 0.2) is 0 Å². The van der Waals surface area contributed by atoms with Crippen LogP contribution in [0.2, 0.25) is 0 Å². The van der Waals surface area contributed by atoms with Gasteiger partial charge in [0.05, 0.1) is 19.3 Å². The van der Waals surface area contributed by atoms with Crippen LogP contribution in [0, 0.1) is 5.92 Å². The fourth-order valence-corrected chi connectivity index (χ4v) is 4.59. The molecule has 1 saturated heterocycles. The van der Waals surface area contributed by atoms with Gasteiger partial charge in [-0.3, -0.25) is 9.59 Å². The summed E-state index contributed by atoms with van der Waals surface area (Å²) in [6.07, 6.45) is -1.31. The maximum absolute atomic E-state index is 13.9. The number of carbonyl (C=O) groups is 2. The first-order valence-corrected chi connectivity index (χ1v) is 12.9. The number of hydrogen-bond acceptors (Lipinski definition) is 8. The first-order valence-electron chi connectivity index (χ1n) is 12.9. The highest BCUT2D eigenvalue weighted by molar-refractivity contribution is 5.97. The molecule has 0 aliphatic carbocycles. The maximum Gasteiger partial charge on any atom is 0.257 e. The predicted molar refractivity (Wildman–Crippen MR) is 139 cm³/mol. The normalized spacial score (nSPS) is 24.5. The fourth-order valence-electron chi connectivity index (χ4n) is 4.59. The number of para-hydroxylation sites is 1. The van der Waals surface area contributed by atoms with E-state index in [1.54, 1.807) is 23.1 Å². The summed E-state index contributed by atoms with van der Waals surface area (Å²) >= 11 is 0. The van der Waals surface area contributed by atoms with Crippen molar-refractivity contribution in [3.05, 3.63) is 29.8 Å². The molecule has 1 heterocycles. The van der Waals surface area contributed by atoms with Crippen molar-refractivity contribution in [1.29, 1.82) is 0 Å². The zero-order valence-corrected chi connectivity index (χ0v) is 22.8. The molecule has 1 aliphatic rings. The van der Waals surface area contributed by atoms with Crippen LogP contribution in [0.3, 0.4) is 0 Å². The highest BCUT2D eigenvalue weighted by Gasteiger charge is 2.34. The monoisotopic (exact) mass is 524 g/mol. The number of carbonyl (C=O) groups excluding carboxylic acids is 2. The second-order valence-electron chi connectivity index (χ2n) is 9.83. The molecule has 0 bridgehead atoms. The third-order valence-electron chi connectivity index (χ3n) is 6.54. The minimum absolute atomic E-state index is 0.0161. The molecule has 10 nitrogen and oxygen atoms in total. The van der Waals surface area contributed by atoms with Gasteiger partial charge >= 0.3 is 0 Å². The van der Waals surface area contributed by atoms with E-state index in [0.29, 0.717) is 43.7 Å². The van der Waals surface area contributed by atoms with Crippen LogP contribution in [0.25, 0.3) is 0 Å². The molecule has 0 radical (unpaired) electrons. The molecule has 2 N–H and O–H groups in total. The molecular formula is C27H44N2O8. The zero-order valence-electron chi connectivity index (χ0n) is 22.8. The number of rotatable bonds is 7. The molecule has 1 aliphatic heterocycles. The van der Waals surface area contributed by atoms with Crippen molar-refractivity contribution in [2.45, 2.75) is 57.5 Å². The number of nitrogens with zero attached hydrogens (tertiary/aromatic N) is 2. The lowest BCUT2D eigenvalue weighted by atomic mass is 9.99. The summed E-state index contributed by atoms with van der Waals surface area (Å²) in [5.74, 6) is 0.259. The van der Waals surface area contributed by atoms with Gasteiger partial charge in [-0.15, -0.1) is 0 Å². The van der Waals surface area contributed by atoms with Crippen molar-refractivity contribution < 1.29 is 38.7 Å². The van der Waals surface area contributed by atoms with Gasteiger partial charge in [0.25, 0.3) is 5.91 Å². The van der Waals surface area contributed by atoms with Crippen LogP contribution < -0.4 is 4.74 Å². The Morgan fingerprint density at radius 2 is 1.84 bits per heavy atom. The number of methoxy groups -OCH3 is 3. The Labute approximate surface area is 220 Å². The fraction of sp³-hybridized carbons (Fsp3) is 0.704. The summed E-state index contributed by atoms with van der Waals surface area (Å²) in [4.78, 5) is 30.4. The van der Waals surface area contributed by atoms with Crippen molar-refractivity contribution in [1.82, 2.24) is 9.80 Å². The lowest BCUT2D eigenvalue weighted by molar-refractivity contribution is -0.143. The number of aliphatic hydroxyl groups is 2. The van der Waals surface area contributed by atoms with E-state index in [1.807, 2.05) is 11.0 Å². The second kappa shape index (κ2) is 15.9. The average Bonchev–Trinajstić information content (AvgIpc) is 2.88. The lowest BCUT2D eigenvalue weighted by Crippen LogP contribution is -2.54. The molecule has 210 valence electrons. The highest BCUT2D eigenvalue weighted by atomic mass is 16.5. The Bertz CT molecular complexity index is 836. The highest BCUT2D eigenvalue weighted by Crippen LogP contribution is 2.24. The van der Waals surface area contributed by atoms with Gasteiger partial charge in [-0.1, -0.05) is 26.0 Å². The van der Waals surface area contributed by atoms with Crippen molar-refractivity contribution >= 4 is 11.8 Å². The van der Waals surface area contributed by atoms with Crippen molar-refractivity contribution in [2.24, 2.45) is 5.92 Å². The van der Waals surface area contributed by atoms with Gasteiger partial charge < -0.3 is 39.0 Å². The molecule has 1 unspecified atom stereocenters. The van der Waals surface area contributed by atoms with Gasteiger partial charge in [0, 0.05) is 46.5 Å². The summed E-state index contributed by atoms with van der Waals surface area (Å²) < 4.78 is 21.6. The molecule has 2 rings (SSSR count). The number of hydrogen-bond donors (Lipinski definition) is 2. The van der Waals surface area contributed by atoms with Gasteiger partial charge in [-0.05, 0) is 37.3 Å². The van der Waals surface area contributed by atoms with Gasteiger partial charge in [-0.2, -0.15) is 0 Å². The minimum atomic E-state index is -1.26. The van der Waals surface area contributed by atoms with E-state index in [1.165, 1.54) is 21.3 Å². The van der Waals surface area contributed by atoms with Crippen LogP contribution in [-0.2, 0) is 19.0 Å². The Hall–Kier alpha value is -2.24. The first kappa shape index (κ1) is 31.0. The Morgan fingerprint density at radius 1 is 1.11 bits per heavy atom. The van der Waals surface area contributed by atoms with E-state index in [0.717, 1.165) is 0 Å². The van der Waals surface area contributed by atoms with E-state index in [-0.39, 0.29) is 50.1 Å². The smallest absolute Gasteiger partial charge is 0.257 e. The quantitative estimate of drug-likeness (QED) is 0.552. The zero-order chi connectivity index (χ0) is 27.4. The number of ether oxygens (including phenoxy) is 4. The average molecular weight is 525 g/mol. The van der Waals surface area contributed by atoms with Crippen LogP contribution >= 0.6 is 0 Å². The Morgan fingerprint density at radius 3 is 2.49 bits per heavy atom. The first-order chi connectivity index (χ1) is 17.7. The molecule has 37 heavy (non-hydrogen) atoms. The van der Waals surface area contributed by atoms with Crippen molar-refractivity contribution in [3.63, 3.8) is 0 Å². The molecule has 1 fully saturated rings. The molecule has 0 saturated carbocycles. The molecule has 0 spiro atoms. The van der Waals surface area contributed by atoms with Crippen LogP contribution in [0.4, 0.5) is 0 Å². The summed E-state index contributed by atoms with van der Waals surface area (Å²) in [7, 11) is 4.40. The van der Waals surface area contributed by atoms with Gasteiger partial charge in [0.2, 0.25) is 5.91 Å². The van der Waals surface area contributed by atoms with E-state index >= 15 is 0 Å². The van der Waals surface area contributed by atoms with E-state index in [4.69, 9.17) is 18.9 Å². The summed E-state index contributed by atoms with van der Waals surface area (Å²) in [5, 5.41) is 21.2. The molecule has 0 aromatic heterocycles. The molecular weight excluding hydrogens is 480 g/mol. The van der Waals surface area contributed by atoms with Gasteiger partial charge in [-0.25, -0.2) is 0 Å². The van der Waals surface area contributed by atoms with Crippen molar-refractivity contribution in [3.8, 4) is 5.75 Å². The third-order valence-corrected chi connectivity index (χ3v) is 6.54. The second-order valence-corrected chi connectivity index (χ2v) is 9.83. The van der Waals surface area contributed by atoms with Crippen LogP contribution in [0.15, 0.2) is 24.3 Å². The predicted octanol–water partition coefficient (Wildman–Crippen LogP) is 1.57. The van der Waals surface area contributed by atoms with Crippen LogP contribution in [-0.4, -0.2) is 117 Å². The summed E-state index contributed by atoms with van der Waals surface area (Å²) in [6, 6.07) is 6.80. The number of benzene rings is 1. The van der Waals surface area contributed by atoms with Crippen LogP contribution in [0.1, 0.15) is 43.5 Å². The minimum Gasteiger partial charge on any atom is -0.496 e. The van der Waals surface area contributed by atoms with E-state index < -0.39 is 18.3 Å². The number of amides is 2. The lowest BCUT2D eigenvalue weighted by Gasteiger charge is -2.39. The number of aliphatic hydroxyl groups excluding tert-OH is 2. The molecule has 10 heteroatoms. The van der Waals surface area contributed by atoms with Gasteiger partial charge in [0.1, 0.15) is 30.7 Å². The molecule has 2 amide bonds. The molecule has 1 aromatic rings. The Kier molecular flexibility index (Phi) is 13.3. The van der Waals surface area contributed by atoms with Crippen LogP contribution in [0.5, 0.6) is 5.75 Å². The van der Waals surface area contributed by atoms with E-state index in [9.17, 15) is 19.8 Å².